The fourth-order valence-electron chi connectivity index (χ4n) is 2.36. The Morgan fingerprint density at radius 3 is 2.11 bits per heavy atom. The van der Waals surface area contributed by atoms with Gasteiger partial charge >= 0.3 is 17.9 Å². The summed E-state index contributed by atoms with van der Waals surface area (Å²) in [4.78, 5) is 35.6. The first kappa shape index (κ1) is 12.2. The molecule has 0 bridgehead atoms. The van der Waals surface area contributed by atoms with E-state index in [2.05, 4.69) is 4.98 Å². The van der Waals surface area contributed by atoms with E-state index in [0.29, 0.717) is 11.1 Å². The number of aliphatic carboxylic acids is 2. The van der Waals surface area contributed by atoms with Gasteiger partial charge in [-0.3, -0.25) is 9.59 Å². The zero-order valence-corrected chi connectivity index (χ0v) is 9.21. The van der Waals surface area contributed by atoms with Crippen LogP contribution in [0.5, 0.6) is 0 Å². The second-order valence-corrected chi connectivity index (χ2v) is 4.27. The fraction of sp³-hybridized carbons (Fsp3) is 0.364. The normalized spacial score (nSPS) is 22.2. The lowest BCUT2D eigenvalue weighted by molar-refractivity contribution is -0.154. The summed E-state index contributed by atoms with van der Waals surface area (Å²) in [5.74, 6) is -5.68. The van der Waals surface area contributed by atoms with Crippen LogP contribution >= 0.6 is 0 Å². The third-order valence-electron chi connectivity index (χ3n) is 3.28. The van der Waals surface area contributed by atoms with Crippen LogP contribution in [-0.4, -0.2) is 38.2 Å². The van der Waals surface area contributed by atoms with E-state index in [1.165, 1.54) is 6.20 Å². The lowest BCUT2D eigenvalue weighted by Gasteiger charge is -2.25. The highest BCUT2D eigenvalue weighted by Crippen LogP contribution is 2.32. The Morgan fingerprint density at radius 1 is 1.06 bits per heavy atom. The number of aromatic nitrogens is 1. The lowest BCUT2D eigenvalue weighted by atomic mass is 9.76. The van der Waals surface area contributed by atoms with Crippen LogP contribution in [0.1, 0.15) is 21.6 Å². The van der Waals surface area contributed by atoms with Crippen LogP contribution in [0.3, 0.4) is 0 Å². The first-order valence-corrected chi connectivity index (χ1v) is 5.29. The van der Waals surface area contributed by atoms with Gasteiger partial charge in [0.15, 0.2) is 0 Å². The third-order valence-corrected chi connectivity index (χ3v) is 3.28. The van der Waals surface area contributed by atoms with Crippen LogP contribution < -0.4 is 0 Å². The van der Waals surface area contributed by atoms with Crippen molar-refractivity contribution in [2.24, 2.45) is 11.8 Å². The number of rotatable bonds is 3. The van der Waals surface area contributed by atoms with Crippen molar-refractivity contribution in [1.82, 2.24) is 4.98 Å². The van der Waals surface area contributed by atoms with Crippen molar-refractivity contribution in [2.45, 2.75) is 12.8 Å². The van der Waals surface area contributed by atoms with Gasteiger partial charge in [0.25, 0.3) is 0 Å². The molecule has 2 rings (SSSR count). The average molecular weight is 253 g/mol. The van der Waals surface area contributed by atoms with Crippen molar-refractivity contribution in [1.29, 1.82) is 0 Å². The molecule has 7 heteroatoms. The van der Waals surface area contributed by atoms with Crippen LogP contribution in [0.15, 0.2) is 6.20 Å². The van der Waals surface area contributed by atoms with Crippen LogP contribution in [0.2, 0.25) is 0 Å². The molecular formula is C11H11NO6. The summed E-state index contributed by atoms with van der Waals surface area (Å²) in [5, 5.41) is 27.0. The maximum absolute atomic E-state index is 11.1. The molecule has 1 aliphatic rings. The zero-order chi connectivity index (χ0) is 13.4. The quantitative estimate of drug-likeness (QED) is 0.609. The molecule has 4 N–H and O–H groups in total. The molecule has 1 aliphatic carbocycles. The first-order chi connectivity index (χ1) is 8.41. The summed E-state index contributed by atoms with van der Waals surface area (Å²) in [7, 11) is 0. The Hall–Kier alpha value is -2.31. The molecule has 7 nitrogen and oxygen atoms in total. The van der Waals surface area contributed by atoms with E-state index in [4.69, 9.17) is 15.3 Å². The molecule has 0 radical (unpaired) electrons. The van der Waals surface area contributed by atoms with E-state index in [1.54, 1.807) is 0 Å². The minimum atomic E-state index is -1.22. The Morgan fingerprint density at radius 2 is 1.61 bits per heavy atom. The van der Waals surface area contributed by atoms with Gasteiger partial charge in [-0.2, -0.15) is 0 Å². The molecule has 1 heterocycles. The largest absolute Gasteiger partial charge is 0.481 e. The number of fused-ring (bicyclic) bond motifs is 1. The summed E-state index contributed by atoms with van der Waals surface area (Å²) in [5.41, 5.74) is 0.907. The fourth-order valence-corrected chi connectivity index (χ4v) is 2.36. The van der Waals surface area contributed by atoms with Gasteiger partial charge in [0.05, 0.1) is 11.8 Å². The number of carboxylic acids is 3. The van der Waals surface area contributed by atoms with Crippen molar-refractivity contribution in [3.8, 4) is 0 Å². The summed E-state index contributed by atoms with van der Waals surface area (Å²) in [6.45, 7) is 0. The molecule has 0 aromatic carbocycles. The molecule has 2 unspecified atom stereocenters. The van der Waals surface area contributed by atoms with Crippen molar-refractivity contribution in [2.75, 3.05) is 0 Å². The van der Waals surface area contributed by atoms with Crippen molar-refractivity contribution in [3.05, 3.63) is 23.0 Å². The predicted molar refractivity (Wildman–Crippen MR) is 57.4 cm³/mol. The molecule has 1 aromatic rings. The van der Waals surface area contributed by atoms with Crippen LogP contribution in [0.25, 0.3) is 0 Å². The van der Waals surface area contributed by atoms with Gasteiger partial charge in [0, 0.05) is 6.20 Å². The van der Waals surface area contributed by atoms with Gasteiger partial charge < -0.3 is 20.3 Å². The molecular weight excluding hydrogens is 242 g/mol. The van der Waals surface area contributed by atoms with Crippen LogP contribution in [-0.2, 0) is 22.4 Å². The van der Waals surface area contributed by atoms with Gasteiger partial charge in [0.2, 0.25) is 0 Å². The minimum absolute atomic E-state index is 0.0331. The summed E-state index contributed by atoms with van der Waals surface area (Å²) in [6, 6.07) is 0. The molecule has 1 aromatic heterocycles. The molecule has 0 aliphatic heterocycles. The van der Waals surface area contributed by atoms with Gasteiger partial charge in [0.1, 0.15) is 5.69 Å². The molecule has 0 spiro atoms. The molecule has 96 valence electrons. The number of carbonyl (C=O) groups is 3. The molecule has 2 atom stereocenters. The molecule has 18 heavy (non-hydrogen) atoms. The van der Waals surface area contributed by atoms with Crippen molar-refractivity contribution < 1.29 is 29.7 Å². The van der Waals surface area contributed by atoms with E-state index in [-0.39, 0.29) is 18.5 Å². The zero-order valence-electron chi connectivity index (χ0n) is 9.21. The Balaban J connectivity index is 2.43. The number of nitrogens with one attached hydrogen (secondary N) is 1. The number of carboxylic acid groups (broad SMARTS) is 3. The van der Waals surface area contributed by atoms with E-state index in [9.17, 15) is 14.4 Å². The predicted octanol–water partition coefficient (Wildman–Crippen LogP) is 0.213. The number of aromatic amines is 1. The second-order valence-electron chi connectivity index (χ2n) is 4.27. The molecule has 0 saturated heterocycles. The topological polar surface area (TPSA) is 128 Å². The third kappa shape index (κ3) is 1.83. The highest BCUT2D eigenvalue weighted by Gasteiger charge is 2.40. The summed E-state index contributed by atoms with van der Waals surface area (Å²) in [6.07, 6.45) is 1.39. The number of H-pyrrole nitrogens is 1. The number of hydrogen-bond acceptors (Lipinski definition) is 3. The van der Waals surface area contributed by atoms with Gasteiger partial charge in [-0.1, -0.05) is 0 Å². The molecule has 0 fully saturated rings. The summed E-state index contributed by atoms with van der Waals surface area (Å²) >= 11 is 0. The highest BCUT2D eigenvalue weighted by molar-refractivity contribution is 5.89. The first-order valence-electron chi connectivity index (χ1n) is 5.29. The van der Waals surface area contributed by atoms with Crippen LogP contribution in [0.4, 0.5) is 0 Å². The van der Waals surface area contributed by atoms with Gasteiger partial charge in [-0.15, -0.1) is 0 Å². The van der Waals surface area contributed by atoms with E-state index >= 15 is 0 Å². The van der Waals surface area contributed by atoms with Gasteiger partial charge in [-0.25, -0.2) is 4.79 Å². The van der Waals surface area contributed by atoms with E-state index in [0.717, 1.165) is 0 Å². The minimum Gasteiger partial charge on any atom is -0.481 e. The smallest absolute Gasteiger partial charge is 0.352 e. The lowest BCUT2D eigenvalue weighted by Crippen LogP contribution is -2.36. The SMILES string of the molecule is O=C(O)c1[nH]cc2c1CC(C(=O)O)C(C(=O)O)C2. The average Bonchev–Trinajstić information content (AvgIpc) is 2.69. The Labute approximate surface area is 101 Å². The monoisotopic (exact) mass is 253 g/mol. The molecule has 0 saturated carbocycles. The highest BCUT2D eigenvalue weighted by atomic mass is 16.4. The van der Waals surface area contributed by atoms with Crippen molar-refractivity contribution >= 4 is 17.9 Å². The summed E-state index contributed by atoms with van der Waals surface area (Å²) < 4.78 is 0. The second kappa shape index (κ2) is 4.17. The van der Waals surface area contributed by atoms with Gasteiger partial charge in [-0.05, 0) is 24.0 Å². The number of aromatic carboxylic acids is 1. The van der Waals surface area contributed by atoms with E-state index in [1.807, 2.05) is 0 Å². The van der Waals surface area contributed by atoms with E-state index < -0.39 is 29.7 Å². The standard InChI is InChI=1S/C11H11NO6/c13-9(14)6-1-4-3-12-8(11(17)18)5(4)2-7(6)10(15)16/h3,6-7,12H,1-2H2,(H,13,14)(H,15,16)(H,17,18). The number of hydrogen-bond donors (Lipinski definition) is 4. The molecule has 0 amide bonds. The maximum Gasteiger partial charge on any atom is 0.352 e. The maximum atomic E-state index is 11.1. The Kier molecular flexibility index (Phi) is 2.82. The van der Waals surface area contributed by atoms with Crippen molar-refractivity contribution in [3.63, 3.8) is 0 Å². The Bertz CT molecular complexity index is 532. The van der Waals surface area contributed by atoms with Crippen LogP contribution in [0, 0.1) is 11.8 Å².